The van der Waals surface area contributed by atoms with E-state index in [2.05, 4.69) is 20.2 Å². The maximum atomic E-state index is 14.2. The Labute approximate surface area is 249 Å². The molecule has 4 rings (SSSR count). The van der Waals surface area contributed by atoms with Crippen LogP contribution in [-0.2, 0) is 42.2 Å². The number of nitrogens with zero attached hydrogens (tertiary/aromatic N) is 8. The van der Waals surface area contributed by atoms with Crippen LogP contribution in [0.25, 0.3) is 0 Å². The molecular weight excluding hydrogens is 563 g/mol. The third kappa shape index (κ3) is 6.60. The summed E-state index contributed by atoms with van der Waals surface area (Å²) >= 11 is 13.6. The highest BCUT2D eigenvalue weighted by Crippen LogP contribution is 2.32. The highest BCUT2D eigenvalue weighted by atomic mass is 35.5. The van der Waals surface area contributed by atoms with Gasteiger partial charge in [0.25, 0.3) is 0 Å². The lowest BCUT2D eigenvalue weighted by Gasteiger charge is -2.32. The van der Waals surface area contributed by atoms with Gasteiger partial charge in [-0.15, -0.1) is 23.2 Å². The summed E-state index contributed by atoms with van der Waals surface area (Å²) in [5.41, 5.74) is 5.24. The molecule has 0 saturated heterocycles. The number of carbonyl (C=O) groups excluding carboxylic acids is 2. The normalized spacial score (nSPS) is 12.6. The molecule has 0 spiro atoms. The number of alkyl halides is 2. The second-order valence-electron chi connectivity index (χ2n) is 9.56. The number of para-hydroxylation sites is 2. The van der Waals surface area contributed by atoms with Crippen LogP contribution >= 0.6 is 23.2 Å². The number of hydrogen-bond acceptors (Lipinski definition) is 6. The molecule has 0 aliphatic rings. The van der Waals surface area contributed by atoms with Gasteiger partial charge in [-0.3, -0.25) is 19.4 Å². The predicted octanol–water partition coefficient (Wildman–Crippen LogP) is 4.76. The lowest BCUT2D eigenvalue weighted by Crippen LogP contribution is -2.49. The summed E-state index contributed by atoms with van der Waals surface area (Å²) in [7, 11) is 0. The average molecular weight is 598 g/mol. The number of carbonyl (C=O) groups is 2. The zero-order chi connectivity index (χ0) is 29.5. The van der Waals surface area contributed by atoms with Gasteiger partial charge in [-0.25, -0.2) is 19.3 Å². The Kier molecular flexibility index (Phi) is 10.1. The van der Waals surface area contributed by atoms with Crippen LogP contribution in [0.4, 0.5) is 11.4 Å². The number of anilines is 2. The van der Waals surface area contributed by atoms with E-state index in [1.54, 1.807) is 4.90 Å². The van der Waals surface area contributed by atoms with Gasteiger partial charge < -0.3 is 0 Å². The Hall–Kier alpha value is -3.76. The topological polar surface area (TPSA) is 102 Å². The van der Waals surface area contributed by atoms with Crippen molar-refractivity contribution in [2.45, 2.75) is 71.0 Å². The van der Waals surface area contributed by atoms with Gasteiger partial charge in [0.05, 0.1) is 11.4 Å². The van der Waals surface area contributed by atoms with Crippen molar-refractivity contribution in [3.05, 3.63) is 84.0 Å². The molecule has 2 aromatic heterocycles. The maximum Gasteiger partial charge on any atom is 0.248 e. The Morgan fingerprint density at radius 1 is 0.732 bits per heavy atom. The van der Waals surface area contributed by atoms with Crippen LogP contribution < -0.4 is 9.80 Å². The summed E-state index contributed by atoms with van der Waals surface area (Å²) in [5.74, 6) is -1.02. The molecule has 216 valence electrons. The summed E-state index contributed by atoms with van der Waals surface area (Å²) in [6.07, 6.45) is 7.91. The monoisotopic (exact) mass is 596 g/mol. The molecular formula is C29H34Cl2N8O2. The third-order valence-electron chi connectivity index (χ3n) is 6.97. The molecule has 0 fully saturated rings. The van der Waals surface area contributed by atoms with Crippen molar-refractivity contribution in [2.75, 3.05) is 9.80 Å². The summed E-state index contributed by atoms with van der Waals surface area (Å²) in [4.78, 5) is 39.4. The standard InChI is InChI=1S/C29H34Cl2N8O2/c1-5-21-11-8-10-20(4)26(21)38(18-36-16-32-14-34-36)28(40)24(30)25(31)29(41)39(19-37-17-33-15-35-37)27-22(6-2)12-9-13-23(27)7-3/h8-17,24-25H,5-7,18-19H2,1-4H3. The van der Waals surface area contributed by atoms with E-state index in [0.717, 1.165) is 27.9 Å². The molecule has 0 saturated carbocycles. The first-order chi connectivity index (χ1) is 19.8. The molecule has 41 heavy (non-hydrogen) atoms. The van der Waals surface area contributed by atoms with E-state index in [1.165, 1.54) is 39.6 Å². The van der Waals surface area contributed by atoms with Crippen molar-refractivity contribution in [3.8, 4) is 0 Å². The SMILES string of the molecule is CCc1cccc(C)c1N(Cn1cncn1)C(=O)C(Cl)C(Cl)C(=O)N(Cn1cncn1)c1c(CC)cccc1CC. The summed E-state index contributed by atoms with van der Waals surface area (Å²) < 4.78 is 3.07. The first kappa shape index (κ1) is 30.2. The molecule has 0 bridgehead atoms. The van der Waals surface area contributed by atoms with Crippen LogP contribution in [0.3, 0.4) is 0 Å². The minimum absolute atomic E-state index is 0.0546. The highest BCUT2D eigenvalue weighted by Gasteiger charge is 2.38. The molecule has 2 aromatic carbocycles. The minimum Gasteiger partial charge on any atom is -0.290 e. The second-order valence-corrected chi connectivity index (χ2v) is 10.5. The Bertz CT molecular complexity index is 1440. The van der Waals surface area contributed by atoms with Crippen LogP contribution in [0.15, 0.2) is 61.7 Å². The summed E-state index contributed by atoms with van der Waals surface area (Å²) in [5, 5.41) is 5.62. The first-order valence-electron chi connectivity index (χ1n) is 13.6. The second kappa shape index (κ2) is 13.7. The Morgan fingerprint density at radius 3 is 1.56 bits per heavy atom. The van der Waals surface area contributed by atoms with Gasteiger partial charge in [-0.05, 0) is 48.4 Å². The van der Waals surface area contributed by atoms with Crippen LogP contribution in [0.1, 0.15) is 43.0 Å². The van der Waals surface area contributed by atoms with Crippen LogP contribution in [0.5, 0.6) is 0 Å². The summed E-state index contributed by atoms with van der Waals surface area (Å²) in [6.45, 7) is 8.11. The van der Waals surface area contributed by atoms with E-state index in [9.17, 15) is 9.59 Å². The number of halogens is 2. The molecule has 0 radical (unpaired) electrons. The van der Waals surface area contributed by atoms with Crippen LogP contribution in [-0.4, -0.2) is 52.1 Å². The molecule has 2 atom stereocenters. The molecule has 2 unspecified atom stereocenters. The van der Waals surface area contributed by atoms with Gasteiger partial charge in [0.1, 0.15) is 49.4 Å². The van der Waals surface area contributed by atoms with Gasteiger partial charge in [0.15, 0.2) is 0 Å². The lowest BCUT2D eigenvalue weighted by atomic mass is 10.0. The minimum atomic E-state index is -1.38. The number of amides is 2. The fourth-order valence-electron chi connectivity index (χ4n) is 4.90. The Morgan fingerprint density at radius 2 is 1.15 bits per heavy atom. The number of benzene rings is 2. The first-order valence-corrected chi connectivity index (χ1v) is 14.4. The van der Waals surface area contributed by atoms with E-state index in [1.807, 2.05) is 64.1 Å². The van der Waals surface area contributed by atoms with E-state index >= 15 is 0 Å². The van der Waals surface area contributed by atoms with Crippen molar-refractivity contribution in [1.29, 1.82) is 0 Å². The van der Waals surface area contributed by atoms with Crippen molar-refractivity contribution in [1.82, 2.24) is 29.5 Å². The van der Waals surface area contributed by atoms with Crippen LogP contribution in [0.2, 0.25) is 0 Å². The predicted molar refractivity (Wildman–Crippen MR) is 160 cm³/mol. The van der Waals surface area contributed by atoms with Crippen molar-refractivity contribution < 1.29 is 9.59 Å². The Balaban J connectivity index is 1.72. The van der Waals surface area contributed by atoms with Gasteiger partial charge in [0.2, 0.25) is 11.8 Å². The quantitative estimate of drug-likeness (QED) is 0.218. The van der Waals surface area contributed by atoms with Crippen molar-refractivity contribution >= 4 is 46.4 Å². The summed E-state index contributed by atoms with van der Waals surface area (Å²) in [6, 6.07) is 11.8. The van der Waals surface area contributed by atoms with Gasteiger partial charge in [-0.1, -0.05) is 57.2 Å². The number of aryl methyl sites for hydroxylation is 4. The van der Waals surface area contributed by atoms with Gasteiger partial charge >= 0.3 is 0 Å². The maximum absolute atomic E-state index is 14.2. The van der Waals surface area contributed by atoms with Crippen molar-refractivity contribution in [2.24, 2.45) is 0 Å². The van der Waals surface area contributed by atoms with Gasteiger partial charge in [0, 0.05) is 0 Å². The highest BCUT2D eigenvalue weighted by molar-refractivity contribution is 6.45. The number of aromatic nitrogens is 6. The fourth-order valence-corrected chi connectivity index (χ4v) is 5.35. The molecule has 2 heterocycles. The zero-order valence-corrected chi connectivity index (χ0v) is 25.1. The average Bonchev–Trinajstić information content (AvgIpc) is 3.71. The van der Waals surface area contributed by atoms with E-state index in [-0.39, 0.29) is 13.3 Å². The molecule has 2 amide bonds. The molecule has 4 aromatic rings. The zero-order valence-electron chi connectivity index (χ0n) is 23.6. The fraction of sp³-hybridized carbons (Fsp3) is 0.379. The van der Waals surface area contributed by atoms with Crippen LogP contribution in [0, 0.1) is 6.92 Å². The third-order valence-corrected chi connectivity index (χ3v) is 7.98. The number of rotatable bonds is 12. The van der Waals surface area contributed by atoms with E-state index in [0.29, 0.717) is 24.9 Å². The molecule has 0 aliphatic carbocycles. The largest absolute Gasteiger partial charge is 0.290 e. The van der Waals surface area contributed by atoms with E-state index < -0.39 is 22.6 Å². The van der Waals surface area contributed by atoms with Crippen molar-refractivity contribution in [3.63, 3.8) is 0 Å². The molecule has 0 N–H and O–H groups in total. The molecule has 0 aliphatic heterocycles. The van der Waals surface area contributed by atoms with E-state index in [4.69, 9.17) is 23.2 Å². The van der Waals surface area contributed by atoms with Gasteiger partial charge in [-0.2, -0.15) is 10.2 Å². The smallest absolute Gasteiger partial charge is 0.248 e. The molecule has 12 heteroatoms. The molecule has 10 nitrogen and oxygen atoms in total. The lowest BCUT2D eigenvalue weighted by molar-refractivity contribution is -0.123. The number of hydrogen-bond donors (Lipinski definition) is 0.